The molecule has 0 saturated carbocycles. The Hall–Kier alpha value is -1.30. The predicted molar refractivity (Wildman–Crippen MR) is 95.5 cm³/mol. The maximum Gasteiger partial charge on any atom is 0.239 e. The van der Waals surface area contributed by atoms with Gasteiger partial charge < -0.3 is 15.5 Å². The van der Waals surface area contributed by atoms with E-state index in [0.717, 1.165) is 25.9 Å². The molecule has 2 atom stereocenters. The van der Waals surface area contributed by atoms with Gasteiger partial charge in [-0.2, -0.15) is 0 Å². The number of rotatable bonds is 4. The summed E-state index contributed by atoms with van der Waals surface area (Å²) in [5, 5.41) is 7.23. The van der Waals surface area contributed by atoms with Crippen molar-refractivity contribution in [2.75, 3.05) is 31.1 Å². The summed E-state index contributed by atoms with van der Waals surface area (Å²) in [6, 6.07) is 5.00. The summed E-state index contributed by atoms with van der Waals surface area (Å²) in [7, 11) is 0. The van der Waals surface area contributed by atoms with Crippen LogP contribution in [0.4, 0.5) is 5.69 Å². The van der Waals surface area contributed by atoms with E-state index < -0.39 is 5.92 Å². The molecule has 24 heavy (non-hydrogen) atoms. The second-order valence-electron chi connectivity index (χ2n) is 6.38. The first-order valence-electron chi connectivity index (χ1n) is 8.31. The number of nitrogens with zero attached hydrogens (tertiary/aromatic N) is 1. The molecule has 5 nitrogen and oxygen atoms in total. The molecule has 2 heterocycles. The van der Waals surface area contributed by atoms with Crippen molar-refractivity contribution in [3.63, 3.8) is 0 Å². The largest absolute Gasteiger partial charge is 0.355 e. The molecule has 0 aliphatic carbocycles. The minimum Gasteiger partial charge on any atom is -0.355 e. The molecule has 0 spiro atoms. The zero-order chi connectivity index (χ0) is 17.1. The molecule has 0 radical (unpaired) electrons. The van der Waals surface area contributed by atoms with Crippen LogP contribution in [0.15, 0.2) is 18.2 Å². The highest BCUT2D eigenvalue weighted by Gasteiger charge is 2.38. The highest BCUT2D eigenvalue weighted by Crippen LogP contribution is 2.33. The lowest BCUT2D eigenvalue weighted by atomic mass is 9.99. The fraction of sp³-hybridized carbons (Fsp3) is 0.529. The van der Waals surface area contributed by atoms with E-state index in [1.165, 1.54) is 0 Å². The molecule has 2 aliphatic rings. The van der Waals surface area contributed by atoms with Gasteiger partial charge in [0.15, 0.2) is 0 Å². The number of hydrogen-bond acceptors (Lipinski definition) is 3. The second-order valence-corrected chi connectivity index (χ2v) is 7.23. The lowest BCUT2D eigenvalue weighted by molar-refractivity contribution is -0.132. The number of anilines is 1. The molecule has 3 rings (SSSR count). The van der Waals surface area contributed by atoms with Crippen LogP contribution in [0.1, 0.15) is 19.3 Å². The number of carbonyl (C=O) groups excluding carboxylic acids is 2. The minimum absolute atomic E-state index is 0.189. The molecular formula is C17H21Cl2N3O2. The van der Waals surface area contributed by atoms with Crippen molar-refractivity contribution in [1.29, 1.82) is 0 Å². The van der Waals surface area contributed by atoms with Gasteiger partial charge in [-0.05, 0) is 56.5 Å². The molecule has 2 saturated heterocycles. The summed E-state index contributed by atoms with van der Waals surface area (Å²) in [5.74, 6) is -0.598. The number of benzene rings is 1. The van der Waals surface area contributed by atoms with E-state index >= 15 is 0 Å². The second kappa shape index (κ2) is 7.72. The molecule has 130 valence electrons. The number of piperidine rings is 1. The van der Waals surface area contributed by atoms with Crippen LogP contribution in [0, 0.1) is 11.8 Å². The van der Waals surface area contributed by atoms with E-state index in [4.69, 9.17) is 23.2 Å². The van der Waals surface area contributed by atoms with Gasteiger partial charge >= 0.3 is 0 Å². The van der Waals surface area contributed by atoms with Crippen molar-refractivity contribution in [2.24, 2.45) is 11.8 Å². The van der Waals surface area contributed by atoms with Crippen LogP contribution < -0.4 is 15.5 Å². The van der Waals surface area contributed by atoms with E-state index in [1.807, 2.05) is 0 Å². The van der Waals surface area contributed by atoms with Crippen molar-refractivity contribution in [2.45, 2.75) is 19.3 Å². The Morgan fingerprint density at radius 3 is 2.92 bits per heavy atom. The third-order valence-electron chi connectivity index (χ3n) is 4.68. The molecule has 2 amide bonds. The molecule has 1 aromatic carbocycles. The zero-order valence-corrected chi connectivity index (χ0v) is 14.9. The van der Waals surface area contributed by atoms with E-state index in [9.17, 15) is 9.59 Å². The van der Waals surface area contributed by atoms with Gasteiger partial charge in [-0.25, -0.2) is 0 Å². The number of hydrogen-bond donors (Lipinski definition) is 2. The average molecular weight is 370 g/mol. The van der Waals surface area contributed by atoms with Crippen LogP contribution >= 0.6 is 23.2 Å². The Balaban J connectivity index is 1.60. The van der Waals surface area contributed by atoms with Gasteiger partial charge in [-0.15, -0.1) is 0 Å². The van der Waals surface area contributed by atoms with E-state index in [1.54, 1.807) is 23.1 Å². The Labute approximate surface area is 151 Å². The molecule has 7 heteroatoms. The van der Waals surface area contributed by atoms with Gasteiger partial charge in [0.25, 0.3) is 0 Å². The normalized spacial score (nSPS) is 24.2. The fourth-order valence-electron chi connectivity index (χ4n) is 3.32. The van der Waals surface area contributed by atoms with Gasteiger partial charge in [0, 0.05) is 18.1 Å². The van der Waals surface area contributed by atoms with Crippen molar-refractivity contribution >= 4 is 40.7 Å². The summed E-state index contributed by atoms with van der Waals surface area (Å²) >= 11 is 12.2. The summed E-state index contributed by atoms with van der Waals surface area (Å²) in [5.41, 5.74) is 0.570. The Bertz CT molecular complexity index is 632. The molecular weight excluding hydrogens is 349 g/mol. The number of halogens is 2. The topological polar surface area (TPSA) is 61.4 Å². The third-order valence-corrected chi connectivity index (χ3v) is 5.24. The zero-order valence-electron chi connectivity index (χ0n) is 13.4. The van der Waals surface area contributed by atoms with Gasteiger partial charge in [0.2, 0.25) is 11.8 Å². The van der Waals surface area contributed by atoms with Gasteiger partial charge in [0.1, 0.15) is 5.92 Å². The van der Waals surface area contributed by atoms with Gasteiger partial charge in [-0.1, -0.05) is 23.2 Å². The fourth-order valence-corrected chi connectivity index (χ4v) is 3.71. The van der Waals surface area contributed by atoms with Crippen LogP contribution in [0.3, 0.4) is 0 Å². The Kier molecular flexibility index (Phi) is 5.64. The van der Waals surface area contributed by atoms with Gasteiger partial charge in [0.05, 0.1) is 10.7 Å². The smallest absolute Gasteiger partial charge is 0.239 e. The van der Waals surface area contributed by atoms with Crippen LogP contribution in [-0.4, -0.2) is 38.0 Å². The maximum absolute atomic E-state index is 12.6. The number of nitrogens with one attached hydrogen (secondary N) is 2. The summed E-state index contributed by atoms with van der Waals surface area (Å²) in [6.07, 6.45) is 2.73. The maximum atomic E-state index is 12.6. The molecule has 2 aliphatic heterocycles. The minimum atomic E-state index is -0.642. The molecule has 2 N–H and O–H groups in total. The molecule has 2 fully saturated rings. The van der Waals surface area contributed by atoms with Crippen molar-refractivity contribution in [1.82, 2.24) is 10.6 Å². The van der Waals surface area contributed by atoms with Crippen molar-refractivity contribution < 1.29 is 9.59 Å². The molecule has 1 aromatic rings. The summed E-state index contributed by atoms with van der Waals surface area (Å²) < 4.78 is 0. The average Bonchev–Trinajstić information content (AvgIpc) is 2.97. The lowest BCUT2D eigenvalue weighted by Gasteiger charge is -2.23. The van der Waals surface area contributed by atoms with E-state index in [0.29, 0.717) is 41.2 Å². The number of carbonyl (C=O) groups is 2. The van der Waals surface area contributed by atoms with Crippen molar-refractivity contribution in [3.8, 4) is 0 Å². The Morgan fingerprint density at radius 1 is 1.33 bits per heavy atom. The SMILES string of the molecule is O=C(NCC1CCCNC1)C1CCN(c2cc(Cl)ccc2Cl)C1=O. The first-order chi connectivity index (χ1) is 11.6. The van der Waals surface area contributed by atoms with Crippen LogP contribution in [0.5, 0.6) is 0 Å². The first-order valence-corrected chi connectivity index (χ1v) is 9.06. The summed E-state index contributed by atoms with van der Waals surface area (Å²) in [6.45, 7) is 3.06. The van der Waals surface area contributed by atoms with Crippen LogP contribution in [0.25, 0.3) is 0 Å². The van der Waals surface area contributed by atoms with Crippen LogP contribution in [-0.2, 0) is 9.59 Å². The molecule has 2 unspecified atom stereocenters. The lowest BCUT2D eigenvalue weighted by Crippen LogP contribution is -2.42. The quantitative estimate of drug-likeness (QED) is 0.801. The van der Waals surface area contributed by atoms with Crippen molar-refractivity contribution in [3.05, 3.63) is 28.2 Å². The monoisotopic (exact) mass is 369 g/mol. The van der Waals surface area contributed by atoms with E-state index in [-0.39, 0.29) is 11.8 Å². The highest BCUT2D eigenvalue weighted by molar-refractivity contribution is 6.36. The van der Waals surface area contributed by atoms with E-state index in [2.05, 4.69) is 10.6 Å². The predicted octanol–water partition coefficient (Wildman–Crippen LogP) is 2.46. The molecule has 0 aromatic heterocycles. The highest BCUT2D eigenvalue weighted by atomic mass is 35.5. The Morgan fingerprint density at radius 2 is 2.17 bits per heavy atom. The molecule has 0 bridgehead atoms. The van der Waals surface area contributed by atoms with Crippen LogP contribution in [0.2, 0.25) is 10.0 Å². The third kappa shape index (κ3) is 3.85. The standard InChI is InChI=1S/C17H21Cl2N3O2/c18-12-3-4-14(19)15(8-12)22-7-5-13(17(22)24)16(23)21-10-11-2-1-6-20-9-11/h3-4,8,11,13,20H,1-2,5-7,9-10H2,(H,21,23). The number of amides is 2. The van der Waals surface area contributed by atoms with Gasteiger partial charge in [-0.3, -0.25) is 9.59 Å². The first kappa shape index (κ1) is 17.5. The summed E-state index contributed by atoms with van der Waals surface area (Å²) in [4.78, 5) is 26.6.